The van der Waals surface area contributed by atoms with Gasteiger partial charge in [0, 0.05) is 6.42 Å². The molecule has 154 valence electrons. The first-order valence-corrected chi connectivity index (χ1v) is 11.6. The molecule has 4 fully saturated rings. The van der Waals surface area contributed by atoms with Gasteiger partial charge < -0.3 is 10.2 Å². The fourth-order valence-corrected chi connectivity index (χ4v) is 8.60. The van der Waals surface area contributed by atoms with Gasteiger partial charge in [-0.15, -0.1) is 0 Å². The van der Waals surface area contributed by atoms with E-state index < -0.39 is 5.97 Å². The van der Waals surface area contributed by atoms with Gasteiger partial charge in [0.1, 0.15) is 0 Å². The molecular weight excluding hydrogens is 336 g/mol. The highest BCUT2D eigenvalue weighted by Gasteiger charge is 2.59. The second-order valence-corrected chi connectivity index (χ2v) is 11.3. The lowest BCUT2D eigenvalue weighted by atomic mass is 9.44. The van der Waals surface area contributed by atoms with Crippen molar-refractivity contribution in [2.75, 3.05) is 0 Å². The summed E-state index contributed by atoms with van der Waals surface area (Å²) in [4.78, 5) is 11.1. The Labute approximate surface area is 165 Å². The molecule has 0 radical (unpaired) electrons. The van der Waals surface area contributed by atoms with Gasteiger partial charge in [0.05, 0.1) is 6.10 Å². The van der Waals surface area contributed by atoms with Gasteiger partial charge in [-0.1, -0.05) is 20.8 Å². The molecule has 2 N–H and O–H groups in total. The van der Waals surface area contributed by atoms with Crippen LogP contribution in [0.15, 0.2) is 0 Å². The Kier molecular flexibility index (Phi) is 5.15. The van der Waals surface area contributed by atoms with E-state index in [-0.39, 0.29) is 6.10 Å². The Morgan fingerprint density at radius 2 is 1.70 bits per heavy atom. The van der Waals surface area contributed by atoms with Crippen LogP contribution in [0.5, 0.6) is 0 Å². The molecule has 4 aliphatic carbocycles. The highest BCUT2D eigenvalue weighted by atomic mass is 16.4. The highest BCUT2D eigenvalue weighted by Crippen LogP contribution is 2.68. The van der Waals surface area contributed by atoms with Crippen molar-refractivity contribution in [3.05, 3.63) is 0 Å². The average molecular weight is 377 g/mol. The zero-order chi connectivity index (χ0) is 19.4. The Morgan fingerprint density at radius 1 is 1.00 bits per heavy atom. The summed E-state index contributed by atoms with van der Waals surface area (Å²) in [5, 5.41) is 19.3. The van der Waals surface area contributed by atoms with Crippen LogP contribution in [0.1, 0.15) is 91.4 Å². The van der Waals surface area contributed by atoms with E-state index in [0.29, 0.717) is 23.2 Å². The van der Waals surface area contributed by atoms with E-state index in [2.05, 4.69) is 20.8 Å². The van der Waals surface area contributed by atoms with Crippen molar-refractivity contribution < 1.29 is 15.0 Å². The van der Waals surface area contributed by atoms with Gasteiger partial charge >= 0.3 is 5.97 Å². The number of carboxylic acid groups (broad SMARTS) is 1. The largest absolute Gasteiger partial charge is 0.481 e. The van der Waals surface area contributed by atoms with Crippen LogP contribution in [-0.2, 0) is 4.79 Å². The van der Waals surface area contributed by atoms with Crippen LogP contribution in [0.25, 0.3) is 0 Å². The van der Waals surface area contributed by atoms with E-state index >= 15 is 0 Å². The second kappa shape index (κ2) is 7.04. The molecule has 0 bridgehead atoms. The lowest BCUT2D eigenvalue weighted by molar-refractivity contribution is -0.138. The molecule has 3 heteroatoms. The third-order valence-corrected chi connectivity index (χ3v) is 10.0. The molecular formula is C24H40O3. The lowest BCUT2D eigenvalue weighted by Crippen LogP contribution is -2.54. The third kappa shape index (κ3) is 3.26. The molecule has 4 saturated carbocycles. The topological polar surface area (TPSA) is 57.5 Å². The molecule has 0 spiro atoms. The van der Waals surface area contributed by atoms with Gasteiger partial charge in [-0.2, -0.15) is 0 Å². The minimum atomic E-state index is -0.642. The molecule has 0 aromatic rings. The molecule has 9 atom stereocenters. The van der Waals surface area contributed by atoms with Crippen LogP contribution >= 0.6 is 0 Å². The molecule has 0 heterocycles. The number of fused-ring (bicyclic) bond motifs is 5. The minimum absolute atomic E-state index is 0.0555. The molecule has 27 heavy (non-hydrogen) atoms. The molecule has 4 rings (SSSR count). The zero-order valence-electron chi connectivity index (χ0n) is 17.6. The number of hydrogen-bond donors (Lipinski definition) is 2. The Bertz CT molecular complexity index is 574. The number of hydrogen-bond acceptors (Lipinski definition) is 2. The van der Waals surface area contributed by atoms with E-state index in [1.54, 1.807) is 0 Å². The van der Waals surface area contributed by atoms with Gasteiger partial charge in [0.2, 0.25) is 0 Å². The summed E-state index contributed by atoms with van der Waals surface area (Å²) in [6, 6.07) is 0. The normalized spacial score (nSPS) is 50.4. The number of aliphatic carboxylic acids is 1. The average Bonchev–Trinajstić information content (AvgIpc) is 2.91. The van der Waals surface area contributed by atoms with Gasteiger partial charge in [0.15, 0.2) is 0 Å². The van der Waals surface area contributed by atoms with Crippen molar-refractivity contribution >= 4 is 5.97 Å². The summed E-state index contributed by atoms with van der Waals surface area (Å²) in [6.45, 7) is 7.25. The Morgan fingerprint density at radius 3 is 2.44 bits per heavy atom. The van der Waals surface area contributed by atoms with E-state index in [1.807, 2.05) is 0 Å². The Balaban J connectivity index is 1.49. The van der Waals surface area contributed by atoms with Crippen molar-refractivity contribution in [3.8, 4) is 0 Å². The fourth-order valence-electron chi connectivity index (χ4n) is 8.60. The molecule has 0 amide bonds. The zero-order valence-corrected chi connectivity index (χ0v) is 17.6. The summed E-state index contributed by atoms with van der Waals surface area (Å²) >= 11 is 0. The summed E-state index contributed by atoms with van der Waals surface area (Å²) in [5.41, 5.74) is 0.892. The summed E-state index contributed by atoms with van der Waals surface area (Å²) in [7, 11) is 0. The number of aliphatic hydroxyl groups excluding tert-OH is 1. The molecule has 0 aliphatic heterocycles. The van der Waals surface area contributed by atoms with Gasteiger partial charge in [0.25, 0.3) is 0 Å². The van der Waals surface area contributed by atoms with Crippen molar-refractivity contribution in [1.82, 2.24) is 0 Å². The molecule has 3 nitrogen and oxygen atoms in total. The number of rotatable bonds is 4. The summed E-state index contributed by atoms with van der Waals surface area (Å²) < 4.78 is 0. The smallest absolute Gasteiger partial charge is 0.303 e. The van der Waals surface area contributed by atoms with Crippen LogP contribution in [0.3, 0.4) is 0 Å². The first kappa shape index (κ1) is 19.7. The van der Waals surface area contributed by atoms with Crippen LogP contribution in [0.2, 0.25) is 0 Å². The van der Waals surface area contributed by atoms with Crippen LogP contribution in [-0.4, -0.2) is 22.3 Å². The number of carbonyl (C=O) groups is 1. The van der Waals surface area contributed by atoms with E-state index in [9.17, 15) is 9.90 Å². The summed E-state index contributed by atoms with van der Waals surface area (Å²) in [5.74, 6) is 3.70. The van der Waals surface area contributed by atoms with E-state index in [4.69, 9.17) is 5.11 Å². The fraction of sp³-hybridized carbons (Fsp3) is 0.958. The first-order valence-electron chi connectivity index (χ1n) is 11.6. The van der Waals surface area contributed by atoms with Crippen molar-refractivity contribution in [3.63, 3.8) is 0 Å². The number of carboxylic acids is 1. The maximum absolute atomic E-state index is 11.1. The summed E-state index contributed by atoms with van der Waals surface area (Å²) in [6.07, 6.45) is 12.7. The van der Waals surface area contributed by atoms with Crippen LogP contribution < -0.4 is 0 Å². The molecule has 0 saturated heterocycles. The first-order chi connectivity index (χ1) is 12.7. The molecule has 0 aromatic carbocycles. The van der Waals surface area contributed by atoms with Crippen molar-refractivity contribution in [1.29, 1.82) is 0 Å². The van der Waals surface area contributed by atoms with Crippen LogP contribution in [0.4, 0.5) is 0 Å². The highest BCUT2D eigenvalue weighted by molar-refractivity contribution is 5.66. The van der Waals surface area contributed by atoms with E-state index in [0.717, 1.165) is 48.9 Å². The molecule has 4 aliphatic rings. The third-order valence-electron chi connectivity index (χ3n) is 10.0. The molecule has 0 aromatic heterocycles. The standard InChI is InChI=1S/C24H40O3/c1-15(13-22(26)27)12-16-5-7-20-19-6-4-17-14-18(25)8-10-23(17,2)21(19)9-11-24(16,20)3/h15-21,25H,4-14H2,1-3H3,(H,26,27)/t15-,16?,17?,18+,19?,20?,21?,23?,24+/m0/s1. The maximum Gasteiger partial charge on any atom is 0.303 e. The quantitative estimate of drug-likeness (QED) is 0.680. The second-order valence-electron chi connectivity index (χ2n) is 11.3. The lowest BCUT2D eigenvalue weighted by Gasteiger charge is -2.61. The van der Waals surface area contributed by atoms with E-state index in [1.165, 1.54) is 44.9 Å². The monoisotopic (exact) mass is 376 g/mol. The van der Waals surface area contributed by atoms with Gasteiger partial charge in [-0.25, -0.2) is 0 Å². The minimum Gasteiger partial charge on any atom is -0.481 e. The van der Waals surface area contributed by atoms with Crippen LogP contribution in [0, 0.1) is 46.3 Å². The van der Waals surface area contributed by atoms with Gasteiger partial charge in [-0.3, -0.25) is 4.79 Å². The Hall–Kier alpha value is -0.570. The predicted molar refractivity (Wildman–Crippen MR) is 107 cm³/mol. The van der Waals surface area contributed by atoms with Crippen molar-refractivity contribution in [2.45, 2.75) is 97.5 Å². The van der Waals surface area contributed by atoms with Gasteiger partial charge in [-0.05, 0) is 111 Å². The predicted octanol–water partition coefficient (Wildman–Crippen LogP) is 5.51. The maximum atomic E-state index is 11.1. The SMILES string of the molecule is C[C@H](CC(=O)O)CC1CCC2C3CCC4C[C@H](O)CCC4(C)C3CC[C@]12C. The molecule has 6 unspecified atom stereocenters. The number of aliphatic hydroxyl groups is 1. The van der Waals surface area contributed by atoms with Crippen molar-refractivity contribution in [2.24, 2.45) is 46.3 Å².